The Hall–Kier alpha value is -3.41. The zero-order valence-electron chi connectivity index (χ0n) is 20.9. The van der Waals surface area contributed by atoms with Gasteiger partial charge in [0.05, 0.1) is 40.8 Å². The van der Waals surface area contributed by atoms with Crippen molar-refractivity contribution in [2.75, 3.05) is 66.4 Å². The van der Waals surface area contributed by atoms with Gasteiger partial charge in [0.15, 0.2) is 0 Å². The number of hydrogen-bond acceptors (Lipinski definition) is 9. The number of sulfonamides is 1. The summed E-state index contributed by atoms with van der Waals surface area (Å²) >= 11 is 6.50. The maximum Gasteiger partial charge on any atom is 0.232 e. The number of anilines is 6. The van der Waals surface area contributed by atoms with E-state index < -0.39 is 10.0 Å². The van der Waals surface area contributed by atoms with E-state index in [9.17, 15) is 8.42 Å². The Bertz CT molecular complexity index is 1440. The number of benzene rings is 1. The highest BCUT2D eigenvalue weighted by molar-refractivity contribution is 7.92. The molecule has 0 atom stereocenters. The van der Waals surface area contributed by atoms with Crippen LogP contribution >= 0.6 is 11.6 Å². The Morgan fingerprint density at radius 3 is 2.49 bits per heavy atom. The zero-order chi connectivity index (χ0) is 26.2. The van der Waals surface area contributed by atoms with Crippen molar-refractivity contribution in [2.24, 2.45) is 0 Å². The molecule has 3 heterocycles. The third-order valence-corrected chi connectivity index (χ3v) is 8.06. The Morgan fingerprint density at radius 1 is 1.03 bits per heavy atom. The normalized spacial score (nSPS) is 15.8. The summed E-state index contributed by atoms with van der Waals surface area (Å²) in [6, 6.07) is 11.1. The van der Waals surface area contributed by atoms with Crippen LogP contribution in [0.2, 0.25) is 0 Å². The van der Waals surface area contributed by atoms with Crippen LogP contribution in [-0.2, 0) is 16.4 Å². The molecule has 0 unspecified atom stereocenters. The van der Waals surface area contributed by atoms with Crippen molar-refractivity contribution in [3.8, 4) is 0 Å². The van der Waals surface area contributed by atoms with Crippen LogP contribution in [0.25, 0.3) is 5.03 Å². The molecule has 1 aliphatic carbocycles. The van der Waals surface area contributed by atoms with Gasteiger partial charge < -0.3 is 20.4 Å². The largest absolute Gasteiger partial charge is 0.354 e. The molecule has 0 amide bonds. The van der Waals surface area contributed by atoms with Crippen molar-refractivity contribution in [3.63, 3.8) is 0 Å². The number of piperazine rings is 1. The van der Waals surface area contributed by atoms with E-state index in [1.54, 1.807) is 24.4 Å². The van der Waals surface area contributed by atoms with E-state index >= 15 is 0 Å². The Morgan fingerprint density at radius 2 is 1.78 bits per heavy atom. The number of para-hydroxylation sites is 2. The second kappa shape index (κ2) is 10.2. The molecule has 2 aliphatic rings. The predicted molar refractivity (Wildman–Crippen MR) is 150 cm³/mol. The quantitative estimate of drug-likeness (QED) is 0.464. The SMILES string of the molecule is CN1CCN(c2ccc(Nc3nc4c(c(Nc5ccccc5N(C)S(C)(=O)=O)n3)C(Cl)=CC4)cn2)CC1. The van der Waals surface area contributed by atoms with Gasteiger partial charge in [0, 0.05) is 44.7 Å². The maximum absolute atomic E-state index is 12.2. The summed E-state index contributed by atoms with van der Waals surface area (Å²) in [5, 5.41) is 7.09. The first kappa shape index (κ1) is 25.2. The van der Waals surface area contributed by atoms with E-state index in [0.29, 0.717) is 40.2 Å². The molecular weight excluding hydrogens is 512 g/mol. The molecule has 194 valence electrons. The number of hydrogen-bond donors (Lipinski definition) is 2. The third kappa shape index (κ3) is 5.48. The molecule has 12 heteroatoms. The standard InChI is InChI=1S/C25H29ClN8O2S/c1-32-12-14-34(15-13-32)22-11-8-17(16-27-22)28-25-30-20-10-9-18(26)23(20)24(31-25)29-19-6-4-5-7-21(19)33(2)37(3,35)36/h4-9,11,16H,10,12-15H2,1-3H3,(H2,28,29,30,31). The zero-order valence-corrected chi connectivity index (χ0v) is 22.5. The fourth-order valence-electron chi connectivity index (χ4n) is 4.31. The lowest BCUT2D eigenvalue weighted by molar-refractivity contribution is 0.312. The number of pyridine rings is 1. The number of nitrogens with zero attached hydrogens (tertiary/aromatic N) is 6. The lowest BCUT2D eigenvalue weighted by Gasteiger charge is -2.33. The van der Waals surface area contributed by atoms with Crippen molar-refractivity contribution in [1.82, 2.24) is 19.9 Å². The number of aromatic nitrogens is 3. The van der Waals surface area contributed by atoms with Crippen LogP contribution < -0.4 is 19.8 Å². The smallest absolute Gasteiger partial charge is 0.232 e. The van der Waals surface area contributed by atoms with Crippen molar-refractivity contribution in [1.29, 1.82) is 0 Å². The van der Waals surface area contributed by atoms with Crippen LogP contribution in [0, 0.1) is 0 Å². The van der Waals surface area contributed by atoms with E-state index in [1.807, 2.05) is 24.3 Å². The van der Waals surface area contributed by atoms with E-state index in [-0.39, 0.29) is 0 Å². The van der Waals surface area contributed by atoms with Gasteiger partial charge in [-0.2, -0.15) is 4.98 Å². The molecule has 1 aliphatic heterocycles. The topological polar surface area (TPSA) is 107 Å². The van der Waals surface area contributed by atoms with Gasteiger partial charge in [-0.1, -0.05) is 29.8 Å². The Labute approximate surface area is 222 Å². The molecule has 2 N–H and O–H groups in total. The minimum atomic E-state index is -3.46. The molecule has 0 spiro atoms. The summed E-state index contributed by atoms with van der Waals surface area (Å²) in [5.41, 5.74) is 3.32. The van der Waals surface area contributed by atoms with E-state index in [1.165, 1.54) is 11.4 Å². The van der Waals surface area contributed by atoms with Crippen LogP contribution in [0.4, 0.5) is 34.6 Å². The van der Waals surface area contributed by atoms with E-state index in [2.05, 4.69) is 37.4 Å². The molecule has 10 nitrogen and oxygen atoms in total. The van der Waals surface area contributed by atoms with Gasteiger partial charge in [0.25, 0.3) is 0 Å². The molecule has 0 radical (unpaired) electrons. The summed E-state index contributed by atoms with van der Waals surface area (Å²) < 4.78 is 25.6. The lowest BCUT2D eigenvalue weighted by Crippen LogP contribution is -2.44. The van der Waals surface area contributed by atoms with E-state index in [4.69, 9.17) is 16.6 Å². The molecule has 1 saturated heterocycles. The minimum Gasteiger partial charge on any atom is -0.354 e. The second-order valence-corrected chi connectivity index (χ2v) is 11.6. The highest BCUT2D eigenvalue weighted by Crippen LogP contribution is 2.38. The van der Waals surface area contributed by atoms with Gasteiger partial charge in [-0.15, -0.1) is 0 Å². The maximum atomic E-state index is 12.2. The number of fused-ring (bicyclic) bond motifs is 1. The summed E-state index contributed by atoms with van der Waals surface area (Å²) in [6.45, 7) is 3.92. The van der Waals surface area contributed by atoms with Gasteiger partial charge in [0.2, 0.25) is 16.0 Å². The van der Waals surface area contributed by atoms with Crippen molar-refractivity contribution in [3.05, 3.63) is 59.9 Å². The van der Waals surface area contributed by atoms with Crippen LogP contribution in [-0.4, -0.2) is 74.8 Å². The van der Waals surface area contributed by atoms with Crippen LogP contribution in [0.3, 0.4) is 0 Å². The molecule has 0 saturated carbocycles. The Kier molecular flexibility index (Phi) is 6.93. The van der Waals surface area contributed by atoms with E-state index in [0.717, 1.165) is 49.6 Å². The number of rotatable bonds is 7. The summed E-state index contributed by atoms with van der Waals surface area (Å²) in [4.78, 5) is 18.6. The summed E-state index contributed by atoms with van der Waals surface area (Å²) in [7, 11) is 0.182. The fourth-order valence-corrected chi connectivity index (χ4v) is 5.10. The average molecular weight is 541 g/mol. The molecule has 37 heavy (non-hydrogen) atoms. The predicted octanol–water partition coefficient (Wildman–Crippen LogP) is 3.64. The Balaban J connectivity index is 1.42. The average Bonchev–Trinajstić information content (AvgIpc) is 3.25. The molecule has 5 rings (SSSR count). The highest BCUT2D eigenvalue weighted by Gasteiger charge is 2.23. The van der Waals surface area contributed by atoms with Gasteiger partial charge in [-0.3, -0.25) is 4.31 Å². The molecule has 1 aromatic carbocycles. The fraction of sp³-hybridized carbons (Fsp3) is 0.320. The molecular formula is C25H29ClN8O2S. The number of halogens is 1. The number of likely N-dealkylation sites (N-methyl/N-ethyl adjacent to an activating group) is 1. The van der Waals surface area contributed by atoms with Gasteiger partial charge in [-0.05, 0) is 31.3 Å². The molecule has 3 aromatic rings. The first-order chi connectivity index (χ1) is 17.7. The van der Waals surface area contributed by atoms with Gasteiger partial charge in [0.1, 0.15) is 11.6 Å². The molecule has 1 fully saturated rings. The third-order valence-electron chi connectivity index (χ3n) is 6.52. The molecule has 2 aromatic heterocycles. The highest BCUT2D eigenvalue weighted by atomic mass is 35.5. The van der Waals surface area contributed by atoms with Crippen molar-refractivity contribution in [2.45, 2.75) is 6.42 Å². The van der Waals surface area contributed by atoms with Crippen molar-refractivity contribution >= 4 is 61.3 Å². The summed E-state index contributed by atoms with van der Waals surface area (Å²) in [5.74, 6) is 1.82. The molecule has 0 bridgehead atoms. The monoisotopic (exact) mass is 540 g/mol. The van der Waals surface area contributed by atoms with Gasteiger partial charge in [-0.25, -0.2) is 18.4 Å². The van der Waals surface area contributed by atoms with Crippen molar-refractivity contribution < 1.29 is 8.42 Å². The van der Waals surface area contributed by atoms with Gasteiger partial charge >= 0.3 is 0 Å². The first-order valence-electron chi connectivity index (χ1n) is 11.9. The van der Waals surface area contributed by atoms with Crippen LogP contribution in [0.1, 0.15) is 11.3 Å². The first-order valence-corrected chi connectivity index (χ1v) is 14.1. The lowest BCUT2D eigenvalue weighted by atomic mass is 10.2. The van der Waals surface area contributed by atoms with Crippen LogP contribution in [0.5, 0.6) is 0 Å². The second-order valence-electron chi connectivity index (χ2n) is 9.17. The summed E-state index contributed by atoms with van der Waals surface area (Å²) in [6.07, 6.45) is 5.40. The van der Waals surface area contributed by atoms with Crippen LogP contribution in [0.15, 0.2) is 48.7 Å². The number of nitrogens with one attached hydrogen (secondary N) is 2. The minimum absolute atomic E-state index is 0.393. The number of allylic oxidation sites excluding steroid dienone is 1.